The number of halogens is 3. The summed E-state index contributed by atoms with van der Waals surface area (Å²) in [6.45, 7) is 0. The molecule has 1 aliphatic rings. The number of aliphatic hydroxyl groups is 1. The molecule has 1 fully saturated rings. The van der Waals surface area contributed by atoms with Gasteiger partial charge in [0, 0.05) is 0 Å². The van der Waals surface area contributed by atoms with Crippen molar-refractivity contribution in [3.8, 4) is 5.75 Å². The zero-order chi connectivity index (χ0) is 11.1. The van der Waals surface area contributed by atoms with Crippen LogP contribution >= 0.6 is 0 Å². The summed E-state index contributed by atoms with van der Waals surface area (Å²) in [5, 5.41) is 9.66. The van der Waals surface area contributed by atoms with Crippen molar-refractivity contribution in [3.05, 3.63) is 29.8 Å². The lowest BCUT2D eigenvalue weighted by Crippen LogP contribution is -2.17. The van der Waals surface area contributed by atoms with Gasteiger partial charge in [0.1, 0.15) is 5.75 Å². The Bertz CT molecular complexity index is 352. The average Bonchev–Trinajstić information content (AvgIpc) is 2.83. The van der Waals surface area contributed by atoms with E-state index in [1.807, 2.05) is 0 Å². The van der Waals surface area contributed by atoms with Crippen LogP contribution in [0.5, 0.6) is 5.75 Å². The second kappa shape index (κ2) is 3.13. The van der Waals surface area contributed by atoms with E-state index in [1.165, 1.54) is 24.3 Å². The summed E-state index contributed by atoms with van der Waals surface area (Å²) in [6.07, 6.45) is -3.35. The molecular weight excluding hydrogens is 209 g/mol. The molecule has 15 heavy (non-hydrogen) atoms. The third kappa shape index (κ3) is 2.41. The maximum Gasteiger partial charge on any atom is 0.573 e. The Hall–Kier alpha value is -1.23. The number of rotatable bonds is 2. The molecule has 0 bridgehead atoms. The Morgan fingerprint density at radius 2 is 1.67 bits per heavy atom. The fourth-order valence-corrected chi connectivity index (χ4v) is 1.37. The van der Waals surface area contributed by atoms with Crippen molar-refractivity contribution in [1.29, 1.82) is 0 Å². The van der Waals surface area contributed by atoms with Gasteiger partial charge in [0.05, 0.1) is 5.60 Å². The zero-order valence-corrected chi connectivity index (χ0v) is 7.71. The first-order valence-corrected chi connectivity index (χ1v) is 4.48. The fourth-order valence-electron chi connectivity index (χ4n) is 1.37. The molecule has 0 aromatic heterocycles. The summed E-state index contributed by atoms with van der Waals surface area (Å²) in [6, 6.07) is 5.32. The average molecular weight is 218 g/mol. The molecular formula is C10H9F3O2. The van der Waals surface area contributed by atoms with Gasteiger partial charge in [-0.3, -0.25) is 0 Å². The summed E-state index contributed by atoms with van der Waals surface area (Å²) in [5.74, 6) is -0.268. The molecule has 0 atom stereocenters. The van der Waals surface area contributed by atoms with E-state index in [0.29, 0.717) is 18.4 Å². The molecule has 1 aromatic carbocycles. The van der Waals surface area contributed by atoms with Crippen molar-refractivity contribution in [2.24, 2.45) is 0 Å². The summed E-state index contributed by atoms with van der Waals surface area (Å²) >= 11 is 0. The standard InChI is InChI=1S/C10H9F3O2/c11-10(12,13)15-8-3-1-7(2-4-8)9(14)5-6-9/h1-4,14H,5-6H2. The lowest BCUT2D eigenvalue weighted by molar-refractivity contribution is -0.274. The third-order valence-electron chi connectivity index (χ3n) is 2.35. The van der Waals surface area contributed by atoms with Gasteiger partial charge in [-0.25, -0.2) is 0 Å². The van der Waals surface area contributed by atoms with Gasteiger partial charge < -0.3 is 9.84 Å². The van der Waals surface area contributed by atoms with E-state index in [0.717, 1.165) is 0 Å². The quantitative estimate of drug-likeness (QED) is 0.826. The van der Waals surface area contributed by atoms with Gasteiger partial charge in [-0.15, -0.1) is 13.2 Å². The predicted octanol–water partition coefficient (Wildman–Crippen LogP) is 2.57. The molecule has 1 saturated carbocycles. The SMILES string of the molecule is OC1(c2ccc(OC(F)(F)F)cc2)CC1. The van der Waals surface area contributed by atoms with E-state index in [-0.39, 0.29) is 5.75 Å². The van der Waals surface area contributed by atoms with Crippen molar-refractivity contribution in [1.82, 2.24) is 0 Å². The fraction of sp³-hybridized carbons (Fsp3) is 0.400. The number of hydrogen-bond acceptors (Lipinski definition) is 2. The predicted molar refractivity (Wildman–Crippen MR) is 46.3 cm³/mol. The molecule has 1 aliphatic carbocycles. The lowest BCUT2D eigenvalue weighted by atomic mass is 10.1. The molecule has 0 aliphatic heterocycles. The van der Waals surface area contributed by atoms with Crippen molar-refractivity contribution in [2.45, 2.75) is 24.8 Å². The number of benzene rings is 1. The summed E-state index contributed by atoms with van der Waals surface area (Å²) in [5.41, 5.74) is -0.187. The van der Waals surface area contributed by atoms with Crippen molar-refractivity contribution in [2.75, 3.05) is 0 Å². The van der Waals surface area contributed by atoms with Gasteiger partial charge in [0.2, 0.25) is 0 Å². The minimum Gasteiger partial charge on any atom is -0.406 e. The van der Waals surface area contributed by atoms with Crippen LogP contribution in [-0.4, -0.2) is 11.5 Å². The number of ether oxygens (including phenoxy) is 1. The van der Waals surface area contributed by atoms with E-state index >= 15 is 0 Å². The van der Waals surface area contributed by atoms with Crippen LogP contribution in [-0.2, 0) is 5.60 Å². The Kier molecular flexibility index (Phi) is 2.15. The lowest BCUT2D eigenvalue weighted by Gasteiger charge is -2.11. The normalized spacial score (nSPS) is 18.7. The van der Waals surface area contributed by atoms with Crippen LogP contribution in [0.2, 0.25) is 0 Å². The number of alkyl halides is 3. The van der Waals surface area contributed by atoms with Crippen molar-refractivity contribution < 1.29 is 23.0 Å². The first kappa shape index (κ1) is 10.3. The van der Waals surface area contributed by atoms with E-state index in [2.05, 4.69) is 4.74 Å². The molecule has 0 radical (unpaired) electrons. The smallest absolute Gasteiger partial charge is 0.406 e. The van der Waals surface area contributed by atoms with Crippen LogP contribution in [0.1, 0.15) is 18.4 Å². The summed E-state index contributed by atoms with van der Waals surface area (Å²) < 4.78 is 39.2. The molecule has 2 rings (SSSR count). The molecule has 5 heteroatoms. The van der Waals surface area contributed by atoms with E-state index in [9.17, 15) is 18.3 Å². The topological polar surface area (TPSA) is 29.5 Å². The summed E-state index contributed by atoms with van der Waals surface area (Å²) in [4.78, 5) is 0. The van der Waals surface area contributed by atoms with Gasteiger partial charge in [-0.05, 0) is 30.5 Å². The highest BCUT2D eigenvalue weighted by molar-refractivity contribution is 5.33. The van der Waals surface area contributed by atoms with Crippen molar-refractivity contribution in [3.63, 3.8) is 0 Å². The molecule has 0 amide bonds. The Morgan fingerprint density at radius 1 is 1.13 bits per heavy atom. The molecule has 82 valence electrons. The highest BCUT2D eigenvalue weighted by Gasteiger charge is 2.42. The minimum atomic E-state index is -4.67. The van der Waals surface area contributed by atoms with Gasteiger partial charge in [0.25, 0.3) is 0 Å². The van der Waals surface area contributed by atoms with Gasteiger partial charge in [-0.2, -0.15) is 0 Å². The first-order chi connectivity index (χ1) is 6.89. The van der Waals surface area contributed by atoms with E-state index in [1.54, 1.807) is 0 Å². The maximum atomic E-state index is 11.8. The second-order valence-corrected chi connectivity index (χ2v) is 3.60. The van der Waals surface area contributed by atoms with Crippen LogP contribution in [0.15, 0.2) is 24.3 Å². The highest BCUT2D eigenvalue weighted by atomic mass is 19.4. The van der Waals surface area contributed by atoms with Crippen LogP contribution in [0.3, 0.4) is 0 Å². The molecule has 0 unspecified atom stereocenters. The zero-order valence-electron chi connectivity index (χ0n) is 7.71. The molecule has 0 heterocycles. The largest absolute Gasteiger partial charge is 0.573 e. The molecule has 2 nitrogen and oxygen atoms in total. The second-order valence-electron chi connectivity index (χ2n) is 3.60. The molecule has 0 spiro atoms. The Labute approximate surface area is 84.3 Å². The Balaban J connectivity index is 2.11. The van der Waals surface area contributed by atoms with E-state index < -0.39 is 12.0 Å². The van der Waals surface area contributed by atoms with Crippen LogP contribution in [0, 0.1) is 0 Å². The van der Waals surface area contributed by atoms with Crippen LogP contribution in [0.25, 0.3) is 0 Å². The minimum absolute atomic E-state index is 0.268. The van der Waals surface area contributed by atoms with E-state index in [4.69, 9.17) is 0 Å². The molecule has 1 N–H and O–H groups in total. The molecule has 1 aromatic rings. The van der Waals surface area contributed by atoms with Gasteiger partial charge in [0.15, 0.2) is 0 Å². The highest BCUT2D eigenvalue weighted by Crippen LogP contribution is 2.45. The van der Waals surface area contributed by atoms with Crippen molar-refractivity contribution >= 4 is 0 Å². The van der Waals surface area contributed by atoms with Gasteiger partial charge in [-0.1, -0.05) is 12.1 Å². The van der Waals surface area contributed by atoms with Crippen LogP contribution in [0.4, 0.5) is 13.2 Å². The van der Waals surface area contributed by atoms with Gasteiger partial charge >= 0.3 is 6.36 Å². The third-order valence-corrected chi connectivity index (χ3v) is 2.35. The maximum absolute atomic E-state index is 11.8. The first-order valence-electron chi connectivity index (χ1n) is 4.48. The summed E-state index contributed by atoms with van der Waals surface area (Å²) in [7, 11) is 0. The van der Waals surface area contributed by atoms with Crippen LogP contribution < -0.4 is 4.74 Å². The monoisotopic (exact) mass is 218 g/mol. The Morgan fingerprint density at radius 3 is 2.07 bits per heavy atom. The number of hydrogen-bond donors (Lipinski definition) is 1. The molecule has 0 saturated heterocycles.